The molecule has 3 heterocycles. The maximum Gasteiger partial charge on any atom is 0.317 e. The summed E-state index contributed by atoms with van der Waals surface area (Å²) in [6.07, 6.45) is 5.10. The predicted molar refractivity (Wildman–Crippen MR) is 130 cm³/mol. The van der Waals surface area contributed by atoms with Gasteiger partial charge in [-0.1, -0.05) is 43.7 Å². The first-order chi connectivity index (χ1) is 16.0. The van der Waals surface area contributed by atoms with Crippen molar-refractivity contribution in [2.45, 2.75) is 51.6 Å². The molecule has 2 aliphatic heterocycles. The Kier molecular flexibility index (Phi) is 7.28. The second-order valence-corrected chi connectivity index (χ2v) is 9.13. The number of carbonyl (C=O) groups excluding carboxylic acids is 2. The van der Waals surface area contributed by atoms with Gasteiger partial charge in [-0.3, -0.25) is 14.7 Å². The lowest BCUT2D eigenvalue weighted by Gasteiger charge is -2.52. The Labute approximate surface area is 196 Å². The van der Waals surface area contributed by atoms with Gasteiger partial charge in [-0.05, 0) is 43.9 Å². The maximum absolute atomic E-state index is 14.0. The van der Waals surface area contributed by atoms with E-state index in [1.807, 2.05) is 47.1 Å². The summed E-state index contributed by atoms with van der Waals surface area (Å²) in [4.78, 5) is 37.1. The van der Waals surface area contributed by atoms with Crippen LogP contribution in [0, 0.1) is 6.92 Å². The number of anilines is 1. The lowest BCUT2D eigenvalue weighted by molar-refractivity contribution is -0.138. The van der Waals surface area contributed by atoms with Crippen LogP contribution in [0.5, 0.6) is 0 Å². The van der Waals surface area contributed by atoms with Gasteiger partial charge in [0.25, 0.3) is 0 Å². The molecule has 2 saturated heterocycles. The molecule has 1 N–H and O–H groups in total. The summed E-state index contributed by atoms with van der Waals surface area (Å²) in [5.41, 5.74) is 2.38. The van der Waals surface area contributed by atoms with E-state index < -0.39 is 5.54 Å². The zero-order chi connectivity index (χ0) is 23.3. The molecule has 0 bridgehead atoms. The molecule has 0 saturated carbocycles. The standard InChI is InChI=1S/C26H35N5O2/c1-3-4-14-27-25(33)29-15-12-26(13-16-29)24(32)31(23-11-10-21(2)28-19-23)18-17-30(26)20-22-8-6-5-7-9-22/h5-11,19H,3-4,12-18,20H2,1-2H3,(H,27,33). The smallest absolute Gasteiger partial charge is 0.317 e. The Hall–Kier alpha value is -2.93. The Morgan fingerprint density at radius 2 is 1.82 bits per heavy atom. The van der Waals surface area contributed by atoms with Crippen LogP contribution >= 0.6 is 0 Å². The average Bonchev–Trinajstić information content (AvgIpc) is 2.84. The molecule has 7 nitrogen and oxygen atoms in total. The summed E-state index contributed by atoms with van der Waals surface area (Å²) in [5, 5.41) is 3.02. The fourth-order valence-corrected chi connectivity index (χ4v) is 4.92. The molecule has 4 rings (SSSR count). The molecule has 0 atom stereocenters. The molecule has 1 aromatic carbocycles. The van der Waals surface area contributed by atoms with Crippen molar-refractivity contribution in [3.05, 3.63) is 59.9 Å². The van der Waals surface area contributed by atoms with Crippen LogP contribution in [0.1, 0.15) is 43.9 Å². The van der Waals surface area contributed by atoms with Crippen molar-refractivity contribution >= 4 is 17.6 Å². The molecule has 2 aliphatic rings. The van der Waals surface area contributed by atoms with E-state index in [2.05, 4.69) is 34.3 Å². The predicted octanol–water partition coefficient (Wildman–Crippen LogP) is 3.58. The van der Waals surface area contributed by atoms with Gasteiger partial charge in [-0.15, -0.1) is 0 Å². The molecule has 1 aromatic heterocycles. The number of nitrogens with zero attached hydrogens (tertiary/aromatic N) is 4. The minimum Gasteiger partial charge on any atom is -0.338 e. The van der Waals surface area contributed by atoms with Gasteiger partial charge in [0.05, 0.1) is 11.9 Å². The van der Waals surface area contributed by atoms with Crippen LogP contribution < -0.4 is 10.2 Å². The van der Waals surface area contributed by atoms with Crippen LogP contribution in [0.4, 0.5) is 10.5 Å². The Balaban J connectivity index is 1.54. The van der Waals surface area contributed by atoms with Gasteiger partial charge < -0.3 is 15.1 Å². The van der Waals surface area contributed by atoms with Crippen molar-refractivity contribution in [1.82, 2.24) is 20.1 Å². The van der Waals surface area contributed by atoms with E-state index in [1.54, 1.807) is 6.20 Å². The number of amides is 3. The fourth-order valence-electron chi connectivity index (χ4n) is 4.92. The SMILES string of the molecule is CCCCNC(=O)N1CCC2(CC1)C(=O)N(c1ccc(C)nc1)CCN2Cc1ccccc1. The second-order valence-electron chi connectivity index (χ2n) is 9.13. The molecule has 1 spiro atoms. The van der Waals surface area contributed by atoms with Crippen molar-refractivity contribution in [2.75, 3.05) is 37.6 Å². The van der Waals surface area contributed by atoms with Gasteiger partial charge in [0.1, 0.15) is 5.54 Å². The quantitative estimate of drug-likeness (QED) is 0.685. The highest BCUT2D eigenvalue weighted by Crippen LogP contribution is 2.36. The van der Waals surface area contributed by atoms with Gasteiger partial charge in [0.15, 0.2) is 0 Å². The molecular formula is C26H35N5O2. The first kappa shape index (κ1) is 23.2. The molecule has 176 valence electrons. The number of aryl methyl sites for hydroxylation is 1. The molecular weight excluding hydrogens is 414 g/mol. The van der Waals surface area contributed by atoms with E-state index in [4.69, 9.17) is 0 Å². The first-order valence-corrected chi connectivity index (χ1v) is 12.1. The highest BCUT2D eigenvalue weighted by atomic mass is 16.2. The maximum atomic E-state index is 14.0. The number of urea groups is 1. The van der Waals surface area contributed by atoms with Crippen LogP contribution in [0.25, 0.3) is 0 Å². The van der Waals surface area contributed by atoms with Gasteiger partial charge in [0.2, 0.25) is 5.91 Å². The van der Waals surface area contributed by atoms with Crippen molar-refractivity contribution < 1.29 is 9.59 Å². The number of carbonyl (C=O) groups is 2. The van der Waals surface area contributed by atoms with Crippen LogP contribution in [-0.2, 0) is 11.3 Å². The van der Waals surface area contributed by atoms with Gasteiger partial charge in [-0.2, -0.15) is 0 Å². The molecule has 0 radical (unpaired) electrons. The monoisotopic (exact) mass is 449 g/mol. The third-order valence-corrected chi connectivity index (χ3v) is 6.95. The third kappa shape index (κ3) is 5.03. The number of pyridine rings is 1. The minimum atomic E-state index is -0.612. The zero-order valence-corrected chi connectivity index (χ0v) is 19.8. The van der Waals surface area contributed by atoms with Crippen LogP contribution in [0.2, 0.25) is 0 Å². The summed E-state index contributed by atoms with van der Waals surface area (Å²) in [6, 6.07) is 14.3. The topological polar surface area (TPSA) is 68.8 Å². The number of aromatic nitrogens is 1. The minimum absolute atomic E-state index is 0.0178. The number of nitrogens with one attached hydrogen (secondary N) is 1. The normalized spacial score (nSPS) is 18.5. The molecule has 0 unspecified atom stereocenters. The molecule has 2 aromatic rings. The van der Waals surface area contributed by atoms with E-state index in [0.717, 1.165) is 37.3 Å². The van der Waals surface area contributed by atoms with Crippen molar-refractivity contribution in [1.29, 1.82) is 0 Å². The number of piperazine rings is 1. The molecule has 2 fully saturated rings. The lowest BCUT2D eigenvalue weighted by atomic mass is 9.82. The van der Waals surface area contributed by atoms with E-state index in [9.17, 15) is 9.59 Å². The zero-order valence-electron chi connectivity index (χ0n) is 19.8. The molecule has 33 heavy (non-hydrogen) atoms. The number of hydrogen-bond donors (Lipinski definition) is 1. The average molecular weight is 450 g/mol. The van der Waals surface area contributed by atoms with Crippen LogP contribution in [-0.4, -0.2) is 65.0 Å². The first-order valence-electron chi connectivity index (χ1n) is 12.1. The van der Waals surface area contributed by atoms with E-state index in [0.29, 0.717) is 39.0 Å². The summed E-state index contributed by atoms with van der Waals surface area (Å²) in [7, 11) is 0. The Bertz CT molecular complexity index is 939. The van der Waals surface area contributed by atoms with Crippen molar-refractivity contribution in [2.24, 2.45) is 0 Å². The van der Waals surface area contributed by atoms with Gasteiger partial charge in [-0.25, -0.2) is 4.79 Å². The van der Waals surface area contributed by atoms with Crippen molar-refractivity contribution in [3.63, 3.8) is 0 Å². The highest BCUT2D eigenvalue weighted by Gasteiger charge is 2.51. The number of benzene rings is 1. The number of hydrogen-bond acceptors (Lipinski definition) is 4. The molecule has 7 heteroatoms. The fraction of sp³-hybridized carbons (Fsp3) is 0.500. The van der Waals surface area contributed by atoms with Gasteiger partial charge in [0, 0.05) is 45.0 Å². The van der Waals surface area contributed by atoms with E-state index in [1.165, 1.54) is 5.56 Å². The summed E-state index contributed by atoms with van der Waals surface area (Å²) >= 11 is 0. The molecule has 3 amide bonds. The molecule has 0 aliphatic carbocycles. The Morgan fingerprint density at radius 1 is 1.06 bits per heavy atom. The van der Waals surface area contributed by atoms with E-state index in [-0.39, 0.29) is 11.9 Å². The number of unbranched alkanes of at least 4 members (excludes halogenated alkanes) is 1. The van der Waals surface area contributed by atoms with E-state index >= 15 is 0 Å². The lowest BCUT2D eigenvalue weighted by Crippen LogP contribution is -2.69. The summed E-state index contributed by atoms with van der Waals surface area (Å²) in [5.74, 6) is 0.126. The van der Waals surface area contributed by atoms with Crippen LogP contribution in [0.3, 0.4) is 0 Å². The Morgan fingerprint density at radius 3 is 2.48 bits per heavy atom. The van der Waals surface area contributed by atoms with Crippen molar-refractivity contribution in [3.8, 4) is 0 Å². The number of rotatable bonds is 6. The number of piperidine rings is 1. The number of likely N-dealkylation sites (tertiary alicyclic amines) is 1. The van der Waals surface area contributed by atoms with Gasteiger partial charge >= 0.3 is 6.03 Å². The summed E-state index contributed by atoms with van der Waals surface area (Å²) < 4.78 is 0. The third-order valence-electron chi connectivity index (χ3n) is 6.95. The highest BCUT2D eigenvalue weighted by molar-refractivity contribution is 6.01. The summed E-state index contributed by atoms with van der Waals surface area (Å²) in [6.45, 7) is 8.08. The van der Waals surface area contributed by atoms with Crippen LogP contribution in [0.15, 0.2) is 48.7 Å². The second kappa shape index (κ2) is 10.3. The largest absolute Gasteiger partial charge is 0.338 e.